The van der Waals surface area contributed by atoms with E-state index in [1.54, 1.807) is 0 Å². The van der Waals surface area contributed by atoms with E-state index in [1.165, 1.54) is 18.2 Å². The molecule has 0 aliphatic rings. The molecule has 0 aliphatic heterocycles. The Morgan fingerprint density at radius 1 is 1.29 bits per heavy atom. The van der Waals surface area contributed by atoms with Gasteiger partial charge >= 0.3 is 0 Å². The van der Waals surface area contributed by atoms with Gasteiger partial charge in [-0.1, -0.05) is 26.3 Å². The van der Waals surface area contributed by atoms with Gasteiger partial charge in [0.15, 0.2) is 17.4 Å². The zero-order valence-electron chi connectivity index (χ0n) is 10.5. The summed E-state index contributed by atoms with van der Waals surface area (Å²) >= 11 is 0. The van der Waals surface area contributed by atoms with Crippen LogP contribution in [-0.2, 0) is 0 Å². The minimum atomic E-state index is -0.663. The molecule has 0 aromatic heterocycles. The average Bonchev–Trinajstić information content (AvgIpc) is 2.32. The van der Waals surface area contributed by atoms with Crippen molar-refractivity contribution in [2.24, 2.45) is 5.92 Å². The van der Waals surface area contributed by atoms with Crippen LogP contribution in [0.4, 0.5) is 8.78 Å². The molecule has 1 N–H and O–H groups in total. The van der Waals surface area contributed by atoms with Crippen LogP contribution >= 0.6 is 0 Å². The Bertz CT molecular complexity index is 337. The standard InChI is InChI=1S/C13H19F2NO/c1-4-9(2)12(16-3)8-17-13-10(14)6-5-7-11(13)15/h5-7,9,12,16H,4,8H2,1-3H3. The highest BCUT2D eigenvalue weighted by Crippen LogP contribution is 2.21. The molecule has 0 radical (unpaired) electrons. The van der Waals surface area contributed by atoms with Crippen molar-refractivity contribution in [3.05, 3.63) is 29.8 Å². The van der Waals surface area contributed by atoms with Gasteiger partial charge in [0.1, 0.15) is 6.61 Å². The molecule has 2 nitrogen and oxygen atoms in total. The highest BCUT2D eigenvalue weighted by molar-refractivity contribution is 5.26. The highest BCUT2D eigenvalue weighted by Gasteiger charge is 2.17. The molecule has 0 saturated carbocycles. The second-order valence-corrected chi connectivity index (χ2v) is 4.14. The van der Waals surface area contributed by atoms with Gasteiger partial charge in [-0.2, -0.15) is 0 Å². The van der Waals surface area contributed by atoms with Crippen LogP contribution in [0.5, 0.6) is 5.75 Å². The van der Waals surface area contributed by atoms with Crippen molar-refractivity contribution in [3.63, 3.8) is 0 Å². The summed E-state index contributed by atoms with van der Waals surface area (Å²) < 4.78 is 31.8. The second kappa shape index (κ2) is 6.55. The first kappa shape index (κ1) is 13.9. The molecule has 0 heterocycles. The van der Waals surface area contributed by atoms with Crippen LogP contribution in [0.25, 0.3) is 0 Å². The molecule has 0 bridgehead atoms. The number of hydrogen-bond donors (Lipinski definition) is 1. The lowest BCUT2D eigenvalue weighted by atomic mass is 10.0. The van der Waals surface area contributed by atoms with Crippen LogP contribution < -0.4 is 10.1 Å². The Kier molecular flexibility index (Phi) is 5.35. The molecule has 1 aromatic rings. The van der Waals surface area contributed by atoms with E-state index < -0.39 is 11.6 Å². The molecule has 17 heavy (non-hydrogen) atoms. The third-order valence-corrected chi connectivity index (χ3v) is 3.03. The molecule has 0 amide bonds. The fourth-order valence-electron chi connectivity index (χ4n) is 1.61. The zero-order chi connectivity index (χ0) is 12.8. The average molecular weight is 243 g/mol. The van der Waals surface area contributed by atoms with Crippen molar-refractivity contribution >= 4 is 0 Å². The molecule has 0 fully saturated rings. The van der Waals surface area contributed by atoms with Gasteiger partial charge in [-0.05, 0) is 25.1 Å². The fourth-order valence-corrected chi connectivity index (χ4v) is 1.61. The van der Waals surface area contributed by atoms with Gasteiger partial charge < -0.3 is 10.1 Å². The fraction of sp³-hybridized carbons (Fsp3) is 0.538. The predicted octanol–water partition coefficient (Wildman–Crippen LogP) is 2.98. The van der Waals surface area contributed by atoms with Gasteiger partial charge in [0.25, 0.3) is 0 Å². The number of likely N-dealkylation sites (N-methyl/N-ethyl adjacent to an activating group) is 1. The number of benzene rings is 1. The summed E-state index contributed by atoms with van der Waals surface area (Å²) in [5.74, 6) is -1.24. The molecular formula is C13H19F2NO. The third-order valence-electron chi connectivity index (χ3n) is 3.03. The van der Waals surface area contributed by atoms with Gasteiger partial charge in [-0.15, -0.1) is 0 Å². The maximum absolute atomic E-state index is 13.3. The van der Waals surface area contributed by atoms with E-state index in [-0.39, 0.29) is 18.4 Å². The van der Waals surface area contributed by atoms with Gasteiger partial charge in [-0.25, -0.2) is 8.78 Å². The molecular weight excluding hydrogens is 224 g/mol. The van der Waals surface area contributed by atoms with E-state index >= 15 is 0 Å². The topological polar surface area (TPSA) is 21.3 Å². The summed E-state index contributed by atoms with van der Waals surface area (Å²) in [7, 11) is 1.82. The van der Waals surface area contributed by atoms with E-state index in [0.29, 0.717) is 5.92 Å². The Balaban J connectivity index is 2.66. The summed E-state index contributed by atoms with van der Waals surface area (Å²) in [6, 6.07) is 3.78. The smallest absolute Gasteiger partial charge is 0.190 e. The van der Waals surface area contributed by atoms with E-state index in [9.17, 15) is 8.78 Å². The maximum atomic E-state index is 13.3. The minimum Gasteiger partial charge on any atom is -0.486 e. The quantitative estimate of drug-likeness (QED) is 0.829. The monoisotopic (exact) mass is 243 g/mol. The number of halogens is 2. The van der Waals surface area contributed by atoms with Crippen molar-refractivity contribution in [2.45, 2.75) is 26.3 Å². The summed E-state index contributed by atoms with van der Waals surface area (Å²) in [5, 5.41) is 3.09. The van der Waals surface area contributed by atoms with Gasteiger partial charge in [0, 0.05) is 6.04 Å². The molecule has 1 rings (SSSR count). The molecule has 2 atom stereocenters. The summed E-state index contributed by atoms with van der Waals surface area (Å²) in [6.45, 7) is 4.39. The first-order valence-electron chi connectivity index (χ1n) is 5.84. The molecule has 0 spiro atoms. The number of rotatable bonds is 6. The predicted molar refractivity (Wildman–Crippen MR) is 64.2 cm³/mol. The van der Waals surface area contributed by atoms with E-state index in [4.69, 9.17) is 4.74 Å². The maximum Gasteiger partial charge on any atom is 0.190 e. The van der Waals surface area contributed by atoms with Crippen LogP contribution in [0, 0.1) is 17.6 Å². The largest absolute Gasteiger partial charge is 0.486 e. The van der Waals surface area contributed by atoms with E-state index in [1.807, 2.05) is 7.05 Å². The lowest BCUT2D eigenvalue weighted by Crippen LogP contribution is -2.37. The molecule has 2 unspecified atom stereocenters. The van der Waals surface area contributed by atoms with Crippen molar-refractivity contribution < 1.29 is 13.5 Å². The number of nitrogens with one attached hydrogen (secondary N) is 1. The minimum absolute atomic E-state index is 0.0824. The van der Waals surface area contributed by atoms with Crippen LogP contribution in [0.1, 0.15) is 20.3 Å². The Morgan fingerprint density at radius 3 is 2.35 bits per heavy atom. The van der Waals surface area contributed by atoms with Crippen LogP contribution in [0.15, 0.2) is 18.2 Å². The van der Waals surface area contributed by atoms with E-state index in [2.05, 4.69) is 19.2 Å². The Morgan fingerprint density at radius 2 is 1.88 bits per heavy atom. The van der Waals surface area contributed by atoms with Crippen LogP contribution in [0.2, 0.25) is 0 Å². The Hall–Kier alpha value is -1.16. The summed E-state index contributed by atoms with van der Waals surface area (Å²) in [5.41, 5.74) is 0. The number of hydrogen-bond acceptors (Lipinski definition) is 2. The first-order chi connectivity index (χ1) is 8.10. The second-order valence-electron chi connectivity index (χ2n) is 4.14. The third kappa shape index (κ3) is 3.66. The number of para-hydroxylation sites is 1. The van der Waals surface area contributed by atoms with Crippen LogP contribution in [-0.4, -0.2) is 19.7 Å². The lowest BCUT2D eigenvalue weighted by Gasteiger charge is -2.22. The molecule has 96 valence electrons. The highest BCUT2D eigenvalue weighted by atomic mass is 19.1. The van der Waals surface area contributed by atoms with Crippen molar-refractivity contribution in [1.82, 2.24) is 5.32 Å². The van der Waals surface area contributed by atoms with Gasteiger partial charge in [0.05, 0.1) is 0 Å². The Labute approximate surface area is 101 Å². The first-order valence-corrected chi connectivity index (χ1v) is 5.84. The zero-order valence-corrected chi connectivity index (χ0v) is 10.5. The van der Waals surface area contributed by atoms with Gasteiger partial charge in [-0.3, -0.25) is 0 Å². The summed E-state index contributed by atoms with van der Waals surface area (Å²) in [4.78, 5) is 0. The van der Waals surface area contributed by atoms with E-state index in [0.717, 1.165) is 6.42 Å². The molecule has 0 aliphatic carbocycles. The normalized spacial score (nSPS) is 14.4. The summed E-state index contributed by atoms with van der Waals surface area (Å²) in [6.07, 6.45) is 0.981. The number of ether oxygens (including phenoxy) is 1. The van der Waals surface area contributed by atoms with Crippen molar-refractivity contribution in [2.75, 3.05) is 13.7 Å². The molecule has 4 heteroatoms. The van der Waals surface area contributed by atoms with Gasteiger partial charge in [0.2, 0.25) is 0 Å². The molecule has 0 saturated heterocycles. The van der Waals surface area contributed by atoms with Crippen molar-refractivity contribution in [1.29, 1.82) is 0 Å². The lowest BCUT2D eigenvalue weighted by molar-refractivity contribution is 0.213. The molecule has 1 aromatic carbocycles. The SMILES string of the molecule is CCC(C)C(COc1c(F)cccc1F)NC. The van der Waals surface area contributed by atoms with Crippen molar-refractivity contribution in [3.8, 4) is 5.75 Å². The van der Waals surface area contributed by atoms with Crippen LogP contribution in [0.3, 0.4) is 0 Å².